The normalized spacial score (nSPS) is 26.9. The van der Waals surface area contributed by atoms with Gasteiger partial charge in [0.1, 0.15) is 65.9 Å². The quantitative estimate of drug-likeness (QED) is 0.0800. The van der Waals surface area contributed by atoms with Crippen molar-refractivity contribution in [1.82, 2.24) is 39.7 Å². The molecule has 2 aliphatic heterocycles. The number of nitrogens with two attached hydrogens (primary N) is 3. The van der Waals surface area contributed by atoms with Crippen molar-refractivity contribution in [2.45, 2.75) is 175 Å². The Labute approximate surface area is 484 Å². The Hall–Kier alpha value is -5.41. The predicted molar refractivity (Wildman–Crippen MR) is 290 cm³/mol. The van der Waals surface area contributed by atoms with E-state index >= 15 is 0 Å². The zero-order valence-corrected chi connectivity index (χ0v) is 47.7. The van der Waals surface area contributed by atoms with Gasteiger partial charge in [0.25, 0.3) is 0 Å². The fourth-order valence-electron chi connectivity index (χ4n) is 11.0. The number of esters is 1. The number of fused-ring (bicyclic) bond motifs is 3. The van der Waals surface area contributed by atoms with E-state index in [1.807, 2.05) is 46.8 Å². The van der Waals surface area contributed by atoms with E-state index in [2.05, 4.69) is 29.9 Å². The van der Waals surface area contributed by atoms with Crippen LogP contribution in [0.25, 0.3) is 16.7 Å². The van der Waals surface area contributed by atoms with Crippen LogP contribution >= 0.6 is 0 Å². The third kappa shape index (κ3) is 14.2. The summed E-state index contributed by atoms with van der Waals surface area (Å²) < 4.78 is 16.9. The number of aliphatic hydroxyl groups excluding tert-OH is 6. The van der Waals surface area contributed by atoms with Crippen LogP contribution in [-0.2, 0) is 38.3 Å². The van der Waals surface area contributed by atoms with Gasteiger partial charge in [-0.2, -0.15) is 7.11 Å². The van der Waals surface area contributed by atoms with Crippen LogP contribution in [0, 0.1) is 17.8 Å². The average Bonchev–Trinajstić information content (AvgIpc) is 4.24. The molecule has 0 bridgehead atoms. The van der Waals surface area contributed by atoms with E-state index in [1.165, 1.54) is 30.8 Å². The van der Waals surface area contributed by atoms with E-state index in [4.69, 9.17) is 36.5 Å². The summed E-state index contributed by atoms with van der Waals surface area (Å²) in [6.07, 6.45) is 6.84. The van der Waals surface area contributed by atoms with Crippen molar-refractivity contribution >= 4 is 52.3 Å². The minimum atomic E-state index is -1.32. The molecule has 0 aromatic carbocycles. The Kier molecular flexibility index (Phi) is 23.9. The Morgan fingerprint density at radius 2 is 1.04 bits per heavy atom. The van der Waals surface area contributed by atoms with Crippen molar-refractivity contribution < 1.29 is 93.9 Å². The standard InChI is InChI=1S/C21H30N4O4.C17H24N4O5.C13H17N3O3.CH3O.2CH4.Na/c1-7-15-11(2)18(28-12(3)26)17(25(15)20(27)29-21(4,5)6)13-8-9-14-16(13)23-10-24-19(14)22;1-17(2,3)26-16(25)21-10(6-22)13(23)14(24)12(21)8-4-5-9-11(8)19-7-20-15(9)18;14-13-8-2-1-7(10(8)15-5-16-13)9-3-6(4-17)11(18)12(9)19;1-2;;;/h8,10-11,15,17-18H,7,9H2,1-6H3,(H2,22,23,24);4,7,10,12-14,22-24H,5-6H2,1-3H3,(H2,18,19,20);1,5-6,9,11-12,17-19H,2-4H2,(H2,14,15,16);1H3;2*1H4;/q;;;-1;;;+1/t11-,15-,17+,18-;10-,12+,13-,14+;6-,9+,11-,12+;;;;/m111..../s1. The molecular formula is C54H82N11NaO13. The number of hydrogen-bond acceptors (Lipinski definition) is 22. The molecule has 2 amide bonds. The van der Waals surface area contributed by atoms with Gasteiger partial charge in [-0.25, -0.2) is 39.5 Å². The van der Waals surface area contributed by atoms with Crippen molar-refractivity contribution in [2.75, 3.05) is 37.5 Å². The van der Waals surface area contributed by atoms with Gasteiger partial charge in [0.2, 0.25) is 0 Å². The number of aromatic nitrogens is 6. The first-order valence-corrected chi connectivity index (χ1v) is 25.3. The zero-order chi connectivity index (χ0) is 56.3. The summed E-state index contributed by atoms with van der Waals surface area (Å²) in [4.78, 5) is 65.7. The molecule has 9 rings (SSSR count). The van der Waals surface area contributed by atoms with Crippen LogP contribution in [0.5, 0.6) is 0 Å². The van der Waals surface area contributed by atoms with E-state index in [9.17, 15) is 45.0 Å². The number of amides is 2. The predicted octanol–water partition coefficient (Wildman–Crippen LogP) is -0.734. The average molecular weight is 1120 g/mol. The minimum absolute atomic E-state index is 0. The molecule has 1 saturated carbocycles. The SMILES string of the molecule is C.C.CC(C)(C)OC(=O)N1[C@H](CO)[C@@H](O)[C@@H](O)[C@@H]1C1=CCc2c(N)ncnc21.CC[C@@H]1[C@@H](C)[C@@H](OC(C)=O)[C@H](C2=CCc3c(N)ncnc32)N1C(=O)OC(C)(C)C.C[O-].Nc1ncnc2c1CC=C2[C@@H]1C[C@H](CO)[C@@H](O)[C@H]1O.[Na+]. The monoisotopic (exact) mass is 1120 g/mol. The first-order chi connectivity index (χ1) is 35.8. The number of carbonyl (C=O) groups is 3. The fourth-order valence-corrected chi connectivity index (χ4v) is 11.0. The summed E-state index contributed by atoms with van der Waals surface area (Å²) in [6, 6.07) is -2.53. The molecule has 3 aromatic heterocycles. The number of nitrogen functional groups attached to an aromatic ring is 3. The number of anilines is 3. The smallest absolute Gasteiger partial charge is 0.857 e. The Bertz CT molecular complexity index is 2700. The van der Waals surface area contributed by atoms with Gasteiger partial charge in [0, 0.05) is 59.6 Å². The molecule has 2 saturated heterocycles. The molecule has 6 aliphatic rings. The molecule has 0 unspecified atom stereocenters. The number of aliphatic hydroxyl groups is 6. The summed E-state index contributed by atoms with van der Waals surface area (Å²) in [7, 11) is 0.750. The van der Waals surface area contributed by atoms with Crippen molar-refractivity contribution in [3.63, 3.8) is 0 Å². The third-order valence-electron chi connectivity index (χ3n) is 14.3. The maximum atomic E-state index is 13.2. The van der Waals surface area contributed by atoms with E-state index < -0.39 is 78.6 Å². The van der Waals surface area contributed by atoms with Crippen LogP contribution < -0.4 is 51.9 Å². The summed E-state index contributed by atoms with van der Waals surface area (Å²) in [5, 5.41) is 68.2. The number of ether oxygens (including phenoxy) is 3. The second-order valence-electron chi connectivity index (χ2n) is 21.4. The molecule has 3 fully saturated rings. The number of likely N-dealkylation sites (tertiary alicyclic amines) is 2. The van der Waals surface area contributed by atoms with Crippen LogP contribution in [-0.4, -0.2) is 175 Å². The summed E-state index contributed by atoms with van der Waals surface area (Å²) in [5.41, 5.74) is 23.0. The van der Waals surface area contributed by atoms with Crippen LogP contribution in [0.15, 0.2) is 37.2 Å². The van der Waals surface area contributed by atoms with Gasteiger partial charge in [0.05, 0.1) is 54.0 Å². The van der Waals surface area contributed by atoms with Crippen LogP contribution in [0.3, 0.4) is 0 Å². The van der Waals surface area contributed by atoms with Crippen molar-refractivity contribution in [3.8, 4) is 0 Å². The second kappa shape index (κ2) is 27.8. The minimum Gasteiger partial charge on any atom is -0.857 e. The van der Waals surface area contributed by atoms with Crippen molar-refractivity contribution in [3.05, 3.63) is 71.0 Å². The molecule has 12 atom stereocenters. The zero-order valence-electron chi connectivity index (χ0n) is 45.7. The molecule has 3 aromatic rings. The molecule has 432 valence electrons. The topological polar surface area (TPSA) is 385 Å². The largest absolute Gasteiger partial charge is 1.00 e. The second-order valence-corrected chi connectivity index (χ2v) is 21.4. The van der Waals surface area contributed by atoms with E-state index in [0.717, 1.165) is 35.1 Å². The molecule has 24 nitrogen and oxygen atoms in total. The van der Waals surface area contributed by atoms with Gasteiger partial charge in [-0.3, -0.25) is 14.6 Å². The van der Waals surface area contributed by atoms with Crippen molar-refractivity contribution in [1.29, 1.82) is 0 Å². The van der Waals surface area contributed by atoms with Crippen LogP contribution in [0.1, 0.15) is 124 Å². The Balaban J connectivity index is 0.000000306. The molecule has 0 spiro atoms. The molecule has 5 heterocycles. The molecule has 12 N–H and O–H groups in total. The summed E-state index contributed by atoms with van der Waals surface area (Å²) >= 11 is 0. The first-order valence-electron chi connectivity index (χ1n) is 25.3. The van der Waals surface area contributed by atoms with Crippen LogP contribution in [0.4, 0.5) is 27.0 Å². The number of nitrogens with zero attached hydrogens (tertiary/aromatic N) is 8. The Morgan fingerprint density at radius 1 is 0.633 bits per heavy atom. The van der Waals surface area contributed by atoms with E-state index in [-0.39, 0.29) is 80.8 Å². The van der Waals surface area contributed by atoms with Crippen molar-refractivity contribution in [2.24, 2.45) is 17.8 Å². The molecule has 4 aliphatic carbocycles. The number of carbonyl (C=O) groups excluding carboxylic acids is 3. The molecular weight excluding hydrogens is 1030 g/mol. The maximum Gasteiger partial charge on any atom is 1.00 e. The van der Waals surface area contributed by atoms with Gasteiger partial charge in [-0.15, -0.1) is 0 Å². The molecule has 25 heteroatoms. The van der Waals surface area contributed by atoms with Crippen LogP contribution in [0.2, 0.25) is 0 Å². The number of rotatable bonds is 7. The number of hydrogen-bond donors (Lipinski definition) is 9. The van der Waals surface area contributed by atoms with Gasteiger partial charge >= 0.3 is 47.7 Å². The maximum absolute atomic E-state index is 13.2. The van der Waals surface area contributed by atoms with Gasteiger partial charge in [0.15, 0.2) is 0 Å². The van der Waals surface area contributed by atoms with Gasteiger partial charge in [-0.05, 0) is 84.8 Å². The van der Waals surface area contributed by atoms with Gasteiger partial charge in [-0.1, -0.05) is 46.9 Å². The van der Waals surface area contributed by atoms with E-state index in [1.54, 1.807) is 31.7 Å². The molecule has 0 radical (unpaired) electrons. The summed E-state index contributed by atoms with van der Waals surface area (Å²) in [6.45, 7) is 15.4. The third-order valence-corrected chi connectivity index (χ3v) is 14.3. The van der Waals surface area contributed by atoms with Gasteiger partial charge < -0.3 is 67.2 Å². The molecule has 79 heavy (non-hydrogen) atoms. The Morgan fingerprint density at radius 3 is 1.42 bits per heavy atom. The summed E-state index contributed by atoms with van der Waals surface area (Å²) in [5.74, 6) is 0.276. The van der Waals surface area contributed by atoms with E-state index in [0.29, 0.717) is 72.1 Å². The fraction of sp³-hybridized carbons (Fsp3) is 0.611. The first kappa shape index (κ1) is 67.9. The number of allylic oxidation sites excluding steroid dienone is 3.